The van der Waals surface area contributed by atoms with E-state index in [4.69, 9.17) is 5.11 Å². The van der Waals surface area contributed by atoms with Crippen molar-refractivity contribution in [2.45, 2.75) is 20.0 Å². The highest BCUT2D eigenvalue weighted by atomic mass is 35.5. The van der Waals surface area contributed by atoms with Crippen molar-refractivity contribution in [2.75, 3.05) is 0 Å². The number of halogens is 3. The Bertz CT molecular complexity index is 14.9. The van der Waals surface area contributed by atoms with Crippen molar-refractivity contribution >= 4 is 37.2 Å². The van der Waals surface area contributed by atoms with Crippen molar-refractivity contribution in [3.05, 3.63) is 0 Å². The molecular weight excluding hydrogens is 158 g/mol. The fraction of sp³-hybridized carbons (Fsp3) is 1.00. The predicted octanol–water partition coefficient (Wildman–Crippen LogP) is 1.65. The van der Waals surface area contributed by atoms with Crippen molar-refractivity contribution in [1.29, 1.82) is 0 Å². The third-order valence-corrected chi connectivity index (χ3v) is 0. The molecule has 0 aliphatic heterocycles. The van der Waals surface area contributed by atoms with Crippen LogP contribution in [0.15, 0.2) is 0 Å². The zero-order chi connectivity index (χ0) is 3.58. The molecule has 0 atom stereocenters. The van der Waals surface area contributed by atoms with Gasteiger partial charge in [-0.15, -0.1) is 37.2 Å². The minimum atomic E-state index is -0.167. The molecule has 0 aliphatic carbocycles. The average Bonchev–Trinajstić information content (AvgIpc) is 0.811. The second-order valence-corrected chi connectivity index (χ2v) is 1.09. The monoisotopic (exact) mass is 168 g/mol. The van der Waals surface area contributed by atoms with E-state index in [1.807, 2.05) is 0 Å². The van der Waals surface area contributed by atoms with Gasteiger partial charge in [-0.3, -0.25) is 0 Å². The topological polar surface area (TPSA) is 20.2 Å². The lowest BCUT2D eigenvalue weighted by Crippen LogP contribution is -1.85. The summed E-state index contributed by atoms with van der Waals surface area (Å²) in [6, 6.07) is 0. The van der Waals surface area contributed by atoms with Crippen molar-refractivity contribution in [3.8, 4) is 0 Å². The molecular formula is C3H11Cl3O. The molecule has 0 radical (unpaired) electrons. The summed E-state index contributed by atoms with van der Waals surface area (Å²) in [5, 5.41) is 8.06. The Kier molecular flexibility index (Phi) is 56.3. The summed E-state index contributed by atoms with van der Waals surface area (Å²) in [5.41, 5.74) is 0. The third kappa shape index (κ3) is 231. The molecule has 7 heavy (non-hydrogen) atoms. The lowest BCUT2D eigenvalue weighted by Gasteiger charge is -1.80. The van der Waals surface area contributed by atoms with Gasteiger partial charge >= 0.3 is 0 Å². The first kappa shape index (κ1) is 24.9. The molecule has 0 spiro atoms. The molecule has 0 bridgehead atoms. The first-order valence-electron chi connectivity index (χ1n) is 1.41. The number of hydrogen-bond donors (Lipinski definition) is 1. The standard InChI is InChI=1S/C3H8O.3ClH/c1-3(2)4;;;/h3-4H,1-2H3;3*1H. The molecule has 0 rings (SSSR count). The smallest absolute Gasteiger partial charge is 0.0483 e. The molecule has 0 saturated carbocycles. The van der Waals surface area contributed by atoms with Crippen LogP contribution in [0.5, 0.6) is 0 Å². The van der Waals surface area contributed by atoms with Crippen molar-refractivity contribution in [2.24, 2.45) is 0 Å². The van der Waals surface area contributed by atoms with E-state index in [1.54, 1.807) is 13.8 Å². The van der Waals surface area contributed by atoms with Gasteiger partial charge in [-0.2, -0.15) is 0 Å². The van der Waals surface area contributed by atoms with Gasteiger partial charge in [-0.25, -0.2) is 0 Å². The van der Waals surface area contributed by atoms with E-state index in [0.717, 1.165) is 0 Å². The molecule has 0 heterocycles. The third-order valence-electron chi connectivity index (χ3n) is 0. The van der Waals surface area contributed by atoms with Crippen molar-refractivity contribution in [3.63, 3.8) is 0 Å². The van der Waals surface area contributed by atoms with Gasteiger partial charge in [-0.05, 0) is 13.8 Å². The zero-order valence-electron chi connectivity index (χ0n) is 4.25. The molecule has 1 N–H and O–H groups in total. The van der Waals surface area contributed by atoms with E-state index in [-0.39, 0.29) is 43.3 Å². The first-order chi connectivity index (χ1) is 1.73. The van der Waals surface area contributed by atoms with Crippen LogP contribution >= 0.6 is 37.2 Å². The molecule has 0 aliphatic rings. The summed E-state index contributed by atoms with van der Waals surface area (Å²) in [6.07, 6.45) is -0.167. The van der Waals surface area contributed by atoms with Crippen molar-refractivity contribution in [1.82, 2.24) is 0 Å². The molecule has 50 valence electrons. The quantitative estimate of drug-likeness (QED) is 0.585. The zero-order valence-corrected chi connectivity index (χ0v) is 6.70. The number of hydrogen-bond acceptors (Lipinski definition) is 1. The van der Waals surface area contributed by atoms with Gasteiger partial charge in [0.1, 0.15) is 0 Å². The molecule has 4 heteroatoms. The number of aliphatic hydroxyl groups excluding tert-OH is 1. The van der Waals surface area contributed by atoms with Crippen LogP contribution in [0.25, 0.3) is 0 Å². The Morgan fingerprint density at radius 3 is 1.00 bits per heavy atom. The van der Waals surface area contributed by atoms with E-state index < -0.39 is 0 Å². The second-order valence-electron chi connectivity index (χ2n) is 1.09. The van der Waals surface area contributed by atoms with Gasteiger partial charge in [0.05, 0.1) is 0 Å². The van der Waals surface area contributed by atoms with Gasteiger partial charge in [0.25, 0.3) is 0 Å². The van der Waals surface area contributed by atoms with Gasteiger partial charge in [-0.1, -0.05) is 0 Å². The summed E-state index contributed by atoms with van der Waals surface area (Å²) in [7, 11) is 0. The Hall–Kier alpha value is 0.830. The maximum absolute atomic E-state index is 8.06. The molecule has 0 saturated heterocycles. The SMILES string of the molecule is CC(C)O.Cl.Cl.Cl. The molecule has 1 nitrogen and oxygen atoms in total. The van der Waals surface area contributed by atoms with E-state index in [9.17, 15) is 0 Å². The van der Waals surface area contributed by atoms with Crippen LogP contribution in [-0.4, -0.2) is 11.2 Å². The minimum Gasteiger partial charge on any atom is -0.394 e. The summed E-state index contributed by atoms with van der Waals surface area (Å²) >= 11 is 0. The van der Waals surface area contributed by atoms with Crippen LogP contribution in [0.2, 0.25) is 0 Å². The van der Waals surface area contributed by atoms with Crippen LogP contribution in [0, 0.1) is 0 Å². The highest BCUT2D eigenvalue weighted by Gasteiger charge is 1.69. The molecule has 0 aromatic carbocycles. The molecule has 0 fully saturated rings. The normalized spacial score (nSPS) is 5.14. The van der Waals surface area contributed by atoms with Crippen molar-refractivity contribution < 1.29 is 5.11 Å². The molecule has 0 amide bonds. The van der Waals surface area contributed by atoms with Gasteiger partial charge < -0.3 is 5.11 Å². The first-order valence-corrected chi connectivity index (χ1v) is 1.41. The highest BCUT2D eigenvalue weighted by molar-refractivity contribution is 5.86. The largest absolute Gasteiger partial charge is 0.394 e. The fourth-order valence-corrected chi connectivity index (χ4v) is 0. The maximum Gasteiger partial charge on any atom is 0.0483 e. The van der Waals surface area contributed by atoms with E-state index in [0.29, 0.717) is 0 Å². The predicted molar refractivity (Wildman–Crippen MR) is 39.1 cm³/mol. The Balaban J connectivity index is -0.0000000150. The van der Waals surface area contributed by atoms with Crippen LogP contribution in [0.3, 0.4) is 0 Å². The van der Waals surface area contributed by atoms with Crippen LogP contribution in [-0.2, 0) is 0 Å². The fourth-order valence-electron chi connectivity index (χ4n) is 0. The lowest BCUT2D eigenvalue weighted by molar-refractivity contribution is 0.216. The second kappa shape index (κ2) is 15.8. The highest BCUT2D eigenvalue weighted by Crippen LogP contribution is 1.65. The van der Waals surface area contributed by atoms with Gasteiger partial charge in [0, 0.05) is 6.10 Å². The van der Waals surface area contributed by atoms with E-state index >= 15 is 0 Å². The molecule has 0 aromatic heterocycles. The Morgan fingerprint density at radius 2 is 1.00 bits per heavy atom. The van der Waals surface area contributed by atoms with Gasteiger partial charge in [0.15, 0.2) is 0 Å². The van der Waals surface area contributed by atoms with Crippen LogP contribution < -0.4 is 0 Å². The summed E-state index contributed by atoms with van der Waals surface area (Å²) in [5.74, 6) is 0. The molecule has 0 unspecified atom stereocenters. The summed E-state index contributed by atoms with van der Waals surface area (Å²) in [4.78, 5) is 0. The Labute approximate surface area is 62.7 Å². The van der Waals surface area contributed by atoms with E-state index in [2.05, 4.69) is 0 Å². The molecule has 0 aromatic rings. The lowest BCUT2D eigenvalue weighted by atomic mass is 10.5. The number of aliphatic hydroxyl groups is 1. The average molecular weight is 169 g/mol. The number of rotatable bonds is 0. The van der Waals surface area contributed by atoms with E-state index in [1.165, 1.54) is 0 Å². The van der Waals surface area contributed by atoms with Crippen LogP contribution in [0.4, 0.5) is 0 Å². The Morgan fingerprint density at radius 1 is 1.00 bits per heavy atom. The summed E-state index contributed by atoms with van der Waals surface area (Å²) < 4.78 is 0. The maximum atomic E-state index is 8.06. The van der Waals surface area contributed by atoms with Gasteiger partial charge in [0.2, 0.25) is 0 Å². The van der Waals surface area contributed by atoms with Crippen LogP contribution in [0.1, 0.15) is 13.8 Å². The minimum absolute atomic E-state index is 0. The summed E-state index contributed by atoms with van der Waals surface area (Å²) in [6.45, 7) is 3.44.